The van der Waals surface area contributed by atoms with Crippen LogP contribution in [-0.2, 0) is 16.8 Å². The fraction of sp³-hybridized carbons (Fsp3) is 0.294. The number of nitrogens with one attached hydrogen (secondary N) is 1. The standard InChI is InChI=1S/C17H19BrN2O2/c1-17(2,3)13-6-4-5-7-14(13)19-15(21)11-20-10-12(18)8-9-16(20)22/h4-10H,11H2,1-3H3,(H,19,21). The minimum Gasteiger partial charge on any atom is -0.324 e. The maximum atomic E-state index is 12.2. The normalized spacial score (nSPS) is 11.3. The number of hydrogen-bond donors (Lipinski definition) is 1. The highest BCUT2D eigenvalue weighted by molar-refractivity contribution is 9.10. The van der Waals surface area contributed by atoms with Crippen LogP contribution in [0.2, 0.25) is 0 Å². The van der Waals surface area contributed by atoms with Gasteiger partial charge in [-0.05, 0) is 39.0 Å². The van der Waals surface area contributed by atoms with Gasteiger partial charge >= 0.3 is 0 Å². The van der Waals surface area contributed by atoms with E-state index in [9.17, 15) is 9.59 Å². The third kappa shape index (κ3) is 4.07. The van der Waals surface area contributed by atoms with E-state index in [1.165, 1.54) is 10.6 Å². The van der Waals surface area contributed by atoms with Gasteiger partial charge in [0, 0.05) is 22.4 Å². The van der Waals surface area contributed by atoms with Crippen molar-refractivity contribution >= 4 is 27.5 Å². The van der Waals surface area contributed by atoms with Crippen LogP contribution in [0.3, 0.4) is 0 Å². The Morgan fingerprint density at radius 3 is 2.55 bits per heavy atom. The summed E-state index contributed by atoms with van der Waals surface area (Å²) >= 11 is 3.30. The number of halogens is 1. The molecule has 5 heteroatoms. The van der Waals surface area contributed by atoms with Crippen LogP contribution in [0, 0.1) is 0 Å². The number of nitrogens with zero attached hydrogens (tertiary/aromatic N) is 1. The number of pyridine rings is 1. The molecule has 22 heavy (non-hydrogen) atoms. The average molecular weight is 363 g/mol. The lowest BCUT2D eigenvalue weighted by atomic mass is 9.86. The molecular formula is C17H19BrN2O2. The van der Waals surface area contributed by atoms with E-state index < -0.39 is 0 Å². The first-order chi connectivity index (χ1) is 10.3. The molecule has 0 bridgehead atoms. The number of para-hydroxylation sites is 1. The smallest absolute Gasteiger partial charge is 0.251 e. The lowest BCUT2D eigenvalue weighted by Crippen LogP contribution is -2.27. The molecule has 2 rings (SSSR count). The summed E-state index contributed by atoms with van der Waals surface area (Å²) in [5.41, 5.74) is 1.56. The maximum Gasteiger partial charge on any atom is 0.251 e. The van der Waals surface area contributed by atoms with E-state index in [0.717, 1.165) is 15.7 Å². The van der Waals surface area contributed by atoms with Gasteiger partial charge in [0.15, 0.2) is 0 Å². The Balaban J connectivity index is 2.20. The number of rotatable bonds is 3. The third-order valence-electron chi connectivity index (χ3n) is 3.27. The molecule has 0 spiro atoms. The number of carbonyl (C=O) groups excluding carboxylic acids is 1. The zero-order valence-electron chi connectivity index (χ0n) is 12.9. The van der Waals surface area contributed by atoms with Crippen LogP contribution in [0.25, 0.3) is 0 Å². The van der Waals surface area contributed by atoms with Gasteiger partial charge in [-0.2, -0.15) is 0 Å². The first-order valence-corrected chi connectivity index (χ1v) is 7.82. The fourth-order valence-electron chi connectivity index (χ4n) is 2.22. The quantitative estimate of drug-likeness (QED) is 0.907. The monoisotopic (exact) mass is 362 g/mol. The Bertz CT molecular complexity index is 745. The molecule has 0 saturated heterocycles. The molecule has 2 aromatic rings. The van der Waals surface area contributed by atoms with Crippen molar-refractivity contribution in [3.63, 3.8) is 0 Å². The molecule has 0 aliphatic heterocycles. The highest BCUT2D eigenvalue weighted by Gasteiger charge is 2.18. The molecule has 0 saturated carbocycles. The highest BCUT2D eigenvalue weighted by Crippen LogP contribution is 2.29. The molecule has 1 aromatic carbocycles. The predicted molar refractivity (Wildman–Crippen MR) is 92.2 cm³/mol. The summed E-state index contributed by atoms with van der Waals surface area (Å²) in [6, 6.07) is 10.8. The van der Waals surface area contributed by atoms with E-state index in [-0.39, 0.29) is 23.4 Å². The minimum atomic E-state index is -0.225. The zero-order chi connectivity index (χ0) is 16.3. The number of benzene rings is 1. The van der Waals surface area contributed by atoms with Crippen molar-refractivity contribution in [3.05, 3.63) is 63.0 Å². The topological polar surface area (TPSA) is 51.1 Å². The Morgan fingerprint density at radius 1 is 1.18 bits per heavy atom. The molecule has 0 aliphatic rings. The van der Waals surface area contributed by atoms with Crippen molar-refractivity contribution in [2.75, 3.05) is 5.32 Å². The SMILES string of the molecule is CC(C)(C)c1ccccc1NC(=O)Cn1cc(Br)ccc1=O. The van der Waals surface area contributed by atoms with Crippen molar-refractivity contribution in [3.8, 4) is 0 Å². The van der Waals surface area contributed by atoms with Crippen molar-refractivity contribution < 1.29 is 4.79 Å². The molecule has 4 nitrogen and oxygen atoms in total. The van der Waals surface area contributed by atoms with Gasteiger partial charge < -0.3 is 9.88 Å². The van der Waals surface area contributed by atoms with Gasteiger partial charge in [-0.15, -0.1) is 0 Å². The van der Waals surface area contributed by atoms with Crippen LogP contribution in [0.1, 0.15) is 26.3 Å². The summed E-state index contributed by atoms with van der Waals surface area (Å²) in [5, 5.41) is 2.90. The lowest BCUT2D eigenvalue weighted by molar-refractivity contribution is -0.116. The number of aromatic nitrogens is 1. The van der Waals surface area contributed by atoms with Crippen LogP contribution in [0.4, 0.5) is 5.69 Å². The molecular weight excluding hydrogens is 344 g/mol. The minimum absolute atomic E-state index is 0.0171. The molecule has 0 fully saturated rings. The molecule has 0 unspecified atom stereocenters. The second kappa shape index (κ2) is 6.48. The summed E-state index contributed by atoms with van der Waals surface area (Å²) in [6.07, 6.45) is 1.61. The van der Waals surface area contributed by atoms with Crippen molar-refractivity contribution in [1.29, 1.82) is 0 Å². The molecule has 1 heterocycles. The summed E-state index contributed by atoms with van der Waals surface area (Å²) in [5.74, 6) is -0.225. The maximum absolute atomic E-state index is 12.2. The van der Waals surface area contributed by atoms with E-state index in [1.54, 1.807) is 12.3 Å². The van der Waals surface area contributed by atoms with E-state index in [4.69, 9.17) is 0 Å². The first kappa shape index (κ1) is 16.5. The Morgan fingerprint density at radius 2 is 1.86 bits per heavy atom. The van der Waals surface area contributed by atoms with E-state index in [1.807, 2.05) is 24.3 Å². The van der Waals surface area contributed by atoms with Crippen molar-refractivity contribution in [2.24, 2.45) is 0 Å². The molecule has 0 aliphatic carbocycles. The summed E-state index contributed by atoms with van der Waals surface area (Å²) in [6.45, 7) is 6.27. The van der Waals surface area contributed by atoms with Crippen LogP contribution >= 0.6 is 15.9 Å². The van der Waals surface area contributed by atoms with E-state index >= 15 is 0 Å². The molecule has 1 aromatic heterocycles. The molecule has 1 N–H and O–H groups in total. The van der Waals surface area contributed by atoms with Crippen molar-refractivity contribution in [2.45, 2.75) is 32.7 Å². The Hall–Kier alpha value is -1.88. The molecule has 116 valence electrons. The van der Waals surface area contributed by atoms with Crippen LogP contribution in [0.5, 0.6) is 0 Å². The average Bonchev–Trinajstić information content (AvgIpc) is 2.42. The van der Waals surface area contributed by atoms with E-state index in [0.29, 0.717) is 0 Å². The summed E-state index contributed by atoms with van der Waals surface area (Å²) < 4.78 is 2.13. The fourth-order valence-corrected chi connectivity index (χ4v) is 2.60. The van der Waals surface area contributed by atoms with Gasteiger partial charge in [0.2, 0.25) is 5.91 Å². The number of amides is 1. The van der Waals surface area contributed by atoms with Crippen molar-refractivity contribution in [1.82, 2.24) is 4.57 Å². The Labute approximate surface area is 138 Å². The predicted octanol–water partition coefficient (Wildman–Crippen LogP) is 3.55. The van der Waals surface area contributed by atoms with Gasteiger partial charge in [0.25, 0.3) is 5.56 Å². The van der Waals surface area contributed by atoms with Gasteiger partial charge in [-0.25, -0.2) is 0 Å². The van der Waals surface area contributed by atoms with Crippen LogP contribution in [0.15, 0.2) is 51.9 Å². The van der Waals surface area contributed by atoms with Gasteiger partial charge in [-0.1, -0.05) is 39.0 Å². The van der Waals surface area contributed by atoms with Gasteiger partial charge in [-0.3, -0.25) is 9.59 Å². The van der Waals surface area contributed by atoms with Gasteiger partial charge in [0.05, 0.1) is 0 Å². The second-order valence-electron chi connectivity index (χ2n) is 6.16. The van der Waals surface area contributed by atoms with Gasteiger partial charge in [0.1, 0.15) is 6.54 Å². The number of anilines is 1. The molecule has 0 radical (unpaired) electrons. The Kier molecular flexibility index (Phi) is 4.86. The summed E-state index contributed by atoms with van der Waals surface area (Å²) in [7, 11) is 0. The highest BCUT2D eigenvalue weighted by atomic mass is 79.9. The van der Waals surface area contributed by atoms with Crippen LogP contribution in [-0.4, -0.2) is 10.5 Å². The molecule has 0 atom stereocenters. The van der Waals surface area contributed by atoms with E-state index in [2.05, 4.69) is 42.0 Å². The zero-order valence-corrected chi connectivity index (χ0v) is 14.5. The first-order valence-electron chi connectivity index (χ1n) is 7.03. The largest absolute Gasteiger partial charge is 0.324 e. The summed E-state index contributed by atoms with van der Waals surface area (Å²) in [4.78, 5) is 24.0. The molecule has 1 amide bonds. The number of carbonyl (C=O) groups is 1. The lowest BCUT2D eigenvalue weighted by Gasteiger charge is -2.23. The third-order valence-corrected chi connectivity index (χ3v) is 3.74. The number of hydrogen-bond acceptors (Lipinski definition) is 2. The van der Waals surface area contributed by atoms with Crippen LogP contribution < -0.4 is 10.9 Å². The second-order valence-corrected chi connectivity index (χ2v) is 7.07.